The summed E-state index contributed by atoms with van der Waals surface area (Å²) in [5.41, 5.74) is 3.47. The van der Waals surface area contributed by atoms with Gasteiger partial charge in [0.1, 0.15) is 5.82 Å². The molecule has 102 valence electrons. The monoisotopic (exact) mass is 353 g/mol. The molecular weight excluding hydrogens is 345 g/mol. The molecule has 3 rings (SSSR count). The van der Waals surface area contributed by atoms with Gasteiger partial charge in [0.05, 0.1) is 11.2 Å². The first kappa shape index (κ1) is 13.6. The van der Waals surface area contributed by atoms with Crippen molar-refractivity contribution >= 4 is 39.1 Å². The van der Waals surface area contributed by atoms with Gasteiger partial charge in [0.25, 0.3) is 0 Å². The number of hydrogen-bond donors (Lipinski definition) is 1. The molecule has 0 spiro atoms. The molecule has 0 aromatic heterocycles. The highest BCUT2D eigenvalue weighted by molar-refractivity contribution is 9.09. The van der Waals surface area contributed by atoms with E-state index in [-0.39, 0.29) is 16.6 Å². The maximum atomic E-state index is 13.0. The van der Waals surface area contributed by atoms with Crippen LogP contribution in [0.25, 0.3) is 0 Å². The van der Waals surface area contributed by atoms with E-state index in [2.05, 4.69) is 21.2 Å². The largest absolute Gasteiger partial charge is 0.325 e. The van der Waals surface area contributed by atoms with Gasteiger partial charge in [-0.25, -0.2) is 4.39 Å². The van der Waals surface area contributed by atoms with Gasteiger partial charge in [-0.1, -0.05) is 45.7 Å². The van der Waals surface area contributed by atoms with E-state index < -0.39 is 0 Å². The standard InChI is InChI=1S/C15H10BrClFNO/c16-15(8-1-3-10(18)4-2-8)11-5-9-6-14(20)19-13(9)7-12(11)17/h1-5,7,15H,6H2,(H,19,20). The van der Waals surface area contributed by atoms with E-state index in [4.69, 9.17) is 11.6 Å². The molecule has 2 nitrogen and oxygen atoms in total. The third-order valence-corrected chi connectivity index (χ3v) is 4.63. The van der Waals surface area contributed by atoms with Gasteiger partial charge in [-0.05, 0) is 34.9 Å². The lowest BCUT2D eigenvalue weighted by Gasteiger charge is -2.14. The Morgan fingerprint density at radius 1 is 1.25 bits per heavy atom. The van der Waals surface area contributed by atoms with E-state index in [0.29, 0.717) is 11.4 Å². The van der Waals surface area contributed by atoms with Crippen LogP contribution in [0.3, 0.4) is 0 Å². The third kappa shape index (κ3) is 2.45. The molecule has 1 unspecified atom stereocenters. The van der Waals surface area contributed by atoms with E-state index in [0.717, 1.165) is 22.4 Å². The van der Waals surface area contributed by atoms with Crippen LogP contribution < -0.4 is 5.32 Å². The lowest BCUT2D eigenvalue weighted by Crippen LogP contribution is -2.03. The summed E-state index contributed by atoms with van der Waals surface area (Å²) in [5, 5.41) is 3.33. The number of alkyl halides is 1. The Bertz CT molecular complexity index is 687. The van der Waals surface area contributed by atoms with Gasteiger partial charge in [-0.3, -0.25) is 4.79 Å². The van der Waals surface area contributed by atoms with Crippen molar-refractivity contribution in [3.8, 4) is 0 Å². The SMILES string of the molecule is O=C1Cc2cc(C(Br)c3ccc(F)cc3)c(Cl)cc2N1. The van der Waals surface area contributed by atoms with Crippen LogP contribution in [-0.4, -0.2) is 5.91 Å². The normalized spacial score (nSPS) is 14.8. The van der Waals surface area contributed by atoms with E-state index in [9.17, 15) is 9.18 Å². The van der Waals surface area contributed by atoms with Crippen LogP contribution in [-0.2, 0) is 11.2 Å². The van der Waals surface area contributed by atoms with Crippen molar-refractivity contribution in [2.45, 2.75) is 11.2 Å². The predicted molar refractivity (Wildman–Crippen MR) is 81.0 cm³/mol. The Kier molecular flexibility index (Phi) is 3.52. The molecule has 1 aliphatic rings. The van der Waals surface area contributed by atoms with E-state index in [1.54, 1.807) is 18.2 Å². The van der Waals surface area contributed by atoms with Crippen molar-refractivity contribution in [3.63, 3.8) is 0 Å². The van der Waals surface area contributed by atoms with Crippen molar-refractivity contribution < 1.29 is 9.18 Å². The fourth-order valence-electron chi connectivity index (χ4n) is 2.27. The Balaban J connectivity index is 2.00. The van der Waals surface area contributed by atoms with Crippen LogP contribution >= 0.6 is 27.5 Å². The topological polar surface area (TPSA) is 29.1 Å². The molecule has 1 heterocycles. The highest BCUT2D eigenvalue weighted by atomic mass is 79.9. The number of amides is 1. The first-order valence-corrected chi connectivity index (χ1v) is 7.35. The highest BCUT2D eigenvalue weighted by Crippen LogP contribution is 2.39. The molecule has 20 heavy (non-hydrogen) atoms. The Labute approximate surface area is 129 Å². The zero-order valence-electron chi connectivity index (χ0n) is 10.3. The van der Waals surface area contributed by atoms with Crippen LogP contribution in [0.1, 0.15) is 21.5 Å². The second-order valence-electron chi connectivity index (χ2n) is 4.67. The number of rotatable bonds is 2. The second kappa shape index (κ2) is 5.19. The number of anilines is 1. The molecule has 0 saturated heterocycles. The Hall–Kier alpha value is -1.39. The predicted octanol–water partition coefficient (Wildman–Crippen LogP) is 4.46. The number of benzene rings is 2. The number of fused-ring (bicyclic) bond motifs is 1. The average molecular weight is 355 g/mol. The Morgan fingerprint density at radius 2 is 1.95 bits per heavy atom. The number of nitrogens with one attached hydrogen (secondary N) is 1. The molecule has 1 N–H and O–H groups in total. The van der Waals surface area contributed by atoms with Crippen molar-refractivity contribution in [2.24, 2.45) is 0 Å². The van der Waals surface area contributed by atoms with Gasteiger partial charge in [0.2, 0.25) is 5.91 Å². The molecule has 0 aliphatic carbocycles. The molecule has 2 aromatic carbocycles. The summed E-state index contributed by atoms with van der Waals surface area (Å²) >= 11 is 9.86. The number of hydrogen-bond acceptors (Lipinski definition) is 1. The summed E-state index contributed by atoms with van der Waals surface area (Å²) in [5.74, 6) is -0.301. The summed E-state index contributed by atoms with van der Waals surface area (Å²) in [6, 6.07) is 9.92. The van der Waals surface area contributed by atoms with Crippen molar-refractivity contribution in [2.75, 3.05) is 5.32 Å². The summed E-state index contributed by atoms with van der Waals surface area (Å²) in [6.07, 6.45) is 0.364. The highest BCUT2D eigenvalue weighted by Gasteiger charge is 2.22. The minimum Gasteiger partial charge on any atom is -0.325 e. The van der Waals surface area contributed by atoms with Gasteiger partial charge < -0.3 is 5.32 Å². The summed E-state index contributed by atoms with van der Waals surface area (Å²) in [7, 11) is 0. The van der Waals surface area contributed by atoms with Crippen LogP contribution in [0.4, 0.5) is 10.1 Å². The van der Waals surface area contributed by atoms with Crippen molar-refractivity contribution in [1.29, 1.82) is 0 Å². The summed E-state index contributed by atoms with van der Waals surface area (Å²) in [6.45, 7) is 0. The fourth-order valence-corrected chi connectivity index (χ4v) is 3.36. The fraction of sp³-hybridized carbons (Fsp3) is 0.133. The molecule has 2 aromatic rings. The maximum absolute atomic E-state index is 13.0. The first-order valence-electron chi connectivity index (χ1n) is 6.06. The van der Waals surface area contributed by atoms with Crippen LogP contribution in [0.5, 0.6) is 0 Å². The van der Waals surface area contributed by atoms with Gasteiger partial charge in [0.15, 0.2) is 0 Å². The van der Waals surface area contributed by atoms with Gasteiger partial charge in [-0.15, -0.1) is 0 Å². The number of carbonyl (C=O) groups excluding carboxylic acids is 1. The quantitative estimate of drug-likeness (QED) is 0.793. The van der Waals surface area contributed by atoms with E-state index in [1.165, 1.54) is 12.1 Å². The third-order valence-electron chi connectivity index (χ3n) is 3.28. The lowest BCUT2D eigenvalue weighted by atomic mass is 10.0. The molecule has 0 radical (unpaired) electrons. The summed E-state index contributed by atoms with van der Waals surface area (Å²) < 4.78 is 13.0. The molecule has 1 aliphatic heterocycles. The van der Waals surface area contributed by atoms with Gasteiger partial charge in [-0.2, -0.15) is 0 Å². The van der Waals surface area contributed by atoms with Gasteiger partial charge in [0, 0.05) is 10.7 Å². The van der Waals surface area contributed by atoms with E-state index in [1.807, 2.05) is 6.07 Å². The minimum atomic E-state index is -0.275. The Morgan fingerprint density at radius 3 is 2.65 bits per heavy atom. The molecule has 5 heteroatoms. The van der Waals surface area contributed by atoms with Crippen LogP contribution in [0.15, 0.2) is 36.4 Å². The van der Waals surface area contributed by atoms with E-state index >= 15 is 0 Å². The molecule has 0 fully saturated rings. The molecular formula is C15H10BrClFNO. The number of halogens is 3. The second-order valence-corrected chi connectivity index (χ2v) is 5.99. The lowest BCUT2D eigenvalue weighted by molar-refractivity contribution is -0.115. The molecule has 1 amide bonds. The van der Waals surface area contributed by atoms with Gasteiger partial charge >= 0.3 is 0 Å². The maximum Gasteiger partial charge on any atom is 0.228 e. The average Bonchev–Trinajstić information content (AvgIpc) is 2.77. The molecule has 0 saturated carbocycles. The van der Waals surface area contributed by atoms with Crippen molar-refractivity contribution in [3.05, 3.63) is 63.9 Å². The number of carbonyl (C=O) groups is 1. The zero-order valence-corrected chi connectivity index (χ0v) is 12.6. The van der Waals surface area contributed by atoms with Crippen LogP contribution in [0, 0.1) is 5.82 Å². The minimum absolute atomic E-state index is 0.0267. The molecule has 1 atom stereocenters. The first-order chi connectivity index (χ1) is 9.54. The van der Waals surface area contributed by atoms with Crippen LogP contribution in [0.2, 0.25) is 5.02 Å². The van der Waals surface area contributed by atoms with Crippen molar-refractivity contribution in [1.82, 2.24) is 0 Å². The smallest absolute Gasteiger partial charge is 0.228 e. The molecule has 0 bridgehead atoms. The summed E-state index contributed by atoms with van der Waals surface area (Å²) in [4.78, 5) is 11.3. The zero-order chi connectivity index (χ0) is 14.3.